The number of nitrogens with zero attached hydrogens (tertiary/aromatic N) is 4. The summed E-state index contributed by atoms with van der Waals surface area (Å²) in [7, 11) is 0. The van der Waals surface area contributed by atoms with Crippen LogP contribution >= 0.6 is 0 Å². The molecule has 2 heterocycles. The zero-order chi connectivity index (χ0) is 23.7. The fraction of sp³-hybridized carbons (Fsp3) is 0.550. The molecule has 0 saturated heterocycles. The Bertz CT molecular complexity index is 795. The third-order valence-corrected chi connectivity index (χ3v) is 5.10. The predicted molar refractivity (Wildman–Crippen MR) is 105 cm³/mol. The van der Waals surface area contributed by atoms with E-state index in [-0.39, 0.29) is 96.8 Å². The van der Waals surface area contributed by atoms with E-state index in [1.165, 1.54) is 4.90 Å². The van der Waals surface area contributed by atoms with Gasteiger partial charge in [-0.15, -0.1) is 0 Å². The Labute approximate surface area is 221 Å². The molecule has 2 bridgehead atoms. The zero-order valence-electron chi connectivity index (χ0n) is 17.8. The molecule has 0 saturated carbocycles. The molecule has 1 atom stereocenters. The summed E-state index contributed by atoms with van der Waals surface area (Å²) in [6, 6.07) is 3.97. The molecular formula is C20H26DyN4O8-2. The van der Waals surface area contributed by atoms with Crippen molar-refractivity contribution >= 4 is 23.9 Å². The maximum absolute atomic E-state index is 11.8. The third kappa shape index (κ3) is 10.8. The molecule has 1 aromatic rings. The smallest absolute Gasteiger partial charge is 0.317 e. The van der Waals surface area contributed by atoms with Gasteiger partial charge >= 0.3 is 11.9 Å². The Morgan fingerprint density at radius 3 is 1.91 bits per heavy atom. The molecule has 0 fully saturated rings. The molecule has 1 aliphatic rings. The number of hydrogen-bond acceptors (Lipinski definition) is 10. The number of hydrogen-bond donors (Lipinski definition) is 2. The van der Waals surface area contributed by atoms with Crippen molar-refractivity contribution in [3.05, 3.63) is 29.6 Å². The van der Waals surface area contributed by atoms with Crippen molar-refractivity contribution in [2.45, 2.75) is 32.0 Å². The van der Waals surface area contributed by atoms with Crippen LogP contribution in [0.5, 0.6) is 0 Å². The number of aliphatic carboxylic acids is 4. The molecule has 186 valence electrons. The van der Waals surface area contributed by atoms with Crippen LogP contribution in [0.1, 0.15) is 24.2 Å². The topological polar surface area (TPSA) is 177 Å². The molecule has 13 heteroatoms. The van der Waals surface area contributed by atoms with E-state index in [1.807, 2.05) is 0 Å². The number of aromatic nitrogens is 1. The molecule has 0 aromatic carbocycles. The second-order valence-electron chi connectivity index (χ2n) is 7.61. The summed E-state index contributed by atoms with van der Waals surface area (Å²) in [5, 5.41) is 41.2. The van der Waals surface area contributed by atoms with Crippen molar-refractivity contribution in [2.24, 2.45) is 0 Å². The van der Waals surface area contributed by atoms with Crippen LogP contribution in [0.15, 0.2) is 18.2 Å². The number of carboxylic acids is 4. The Morgan fingerprint density at radius 2 is 1.45 bits per heavy atom. The average Bonchev–Trinajstić information content (AvgIpc) is 2.67. The fourth-order valence-electron chi connectivity index (χ4n) is 3.64. The van der Waals surface area contributed by atoms with Crippen LogP contribution < -0.4 is 10.2 Å². The molecule has 0 spiro atoms. The summed E-state index contributed by atoms with van der Waals surface area (Å²) in [4.78, 5) is 54.3. The van der Waals surface area contributed by atoms with E-state index in [1.54, 1.807) is 28.0 Å². The first kappa shape index (κ1) is 29.2. The Balaban J connectivity index is 0.00000544. The first-order valence-electron chi connectivity index (χ1n) is 10.1. The second kappa shape index (κ2) is 14.4. The number of fused-ring (bicyclic) bond motifs is 2. The predicted octanol–water partition coefficient (Wildman–Crippen LogP) is -3.18. The van der Waals surface area contributed by atoms with Crippen molar-refractivity contribution in [1.29, 1.82) is 0 Å². The van der Waals surface area contributed by atoms with Crippen LogP contribution in [0.25, 0.3) is 0 Å². The Morgan fingerprint density at radius 1 is 0.909 bits per heavy atom. The Kier molecular flexibility index (Phi) is 12.8. The van der Waals surface area contributed by atoms with E-state index < -0.39 is 36.5 Å². The average molecular weight is 613 g/mol. The number of carbonyl (C=O) groups is 4. The monoisotopic (exact) mass is 614 g/mol. The molecule has 33 heavy (non-hydrogen) atoms. The fourth-order valence-corrected chi connectivity index (χ4v) is 3.64. The molecular weight excluding hydrogens is 587 g/mol. The summed E-state index contributed by atoms with van der Waals surface area (Å²) in [5.41, 5.74) is 1.17. The normalized spacial score (nSPS) is 17.1. The molecule has 1 aromatic heterocycles. The van der Waals surface area contributed by atoms with E-state index in [9.17, 15) is 34.5 Å². The van der Waals surface area contributed by atoms with Gasteiger partial charge in [0.15, 0.2) is 0 Å². The van der Waals surface area contributed by atoms with Gasteiger partial charge in [-0.2, -0.15) is 0 Å². The molecule has 2 rings (SSSR count). The van der Waals surface area contributed by atoms with E-state index in [2.05, 4.69) is 4.98 Å². The maximum atomic E-state index is 11.8. The van der Waals surface area contributed by atoms with Crippen LogP contribution in [0.2, 0.25) is 0 Å². The van der Waals surface area contributed by atoms with Gasteiger partial charge in [-0.05, 0) is 18.6 Å². The standard InChI is InChI=1S/C20H28N4O8.Dy/c25-17(26)5-4-16(20(31)32)24-8-6-22(12-18(27)28)10-14-2-1-3-15(21-14)11-23(7-9-24)13-19(29)30;/h1-3,16H,4-13H2,(H,25,26)(H,27,28)(H,29,30)(H,31,32);/p-2. The van der Waals surface area contributed by atoms with Gasteiger partial charge in [0, 0.05) is 96.4 Å². The van der Waals surface area contributed by atoms with Gasteiger partial charge in [0.05, 0.1) is 29.9 Å². The van der Waals surface area contributed by atoms with Gasteiger partial charge in [0.2, 0.25) is 0 Å². The zero-order valence-corrected chi connectivity index (χ0v) is 19.9. The number of carboxylic acid groups (broad SMARTS) is 4. The molecule has 1 unspecified atom stereocenters. The van der Waals surface area contributed by atoms with Gasteiger partial charge in [0.1, 0.15) is 0 Å². The van der Waals surface area contributed by atoms with Crippen LogP contribution in [0.3, 0.4) is 0 Å². The Hall–Kier alpha value is -1.82. The molecule has 0 amide bonds. The summed E-state index contributed by atoms with van der Waals surface area (Å²) in [6.07, 6.45) is -0.580. The summed E-state index contributed by atoms with van der Waals surface area (Å²) in [5.74, 6) is -4.94. The SMILES string of the molecule is O=C([O-])CN1CCN(C(CCC(=O)O)C(=O)[O-])CCN(CC(=O)O)Cc2cccc(n2)C1.[Dy]. The van der Waals surface area contributed by atoms with E-state index in [4.69, 9.17) is 5.11 Å². The van der Waals surface area contributed by atoms with Gasteiger partial charge in [0.25, 0.3) is 0 Å². The number of carbonyl (C=O) groups excluding carboxylic acids is 2. The molecule has 0 aliphatic carbocycles. The minimum atomic E-state index is -1.44. The third-order valence-electron chi connectivity index (χ3n) is 5.10. The first-order valence-corrected chi connectivity index (χ1v) is 10.1. The van der Waals surface area contributed by atoms with Gasteiger partial charge < -0.3 is 30.0 Å². The van der Waals surface area contributed by atoms with Crippen LogP contribution in [-0.4, -0.2) is 99.1 Å². The van der Waals surface area contributed by atoms with Gasteiger partial charge in [-0.3, -0.25) is 29.3 Å². The largest absolute Gasteiger partial charge is 0.549 e. The van der Waals surface area contributed by atoms with Gasteiger partial charge in [-0.1, -0.05) is 6.07 Å². The summed E-state index contributed by atoms with van der Waals surface area (Å²) in [6.45, 7) is 0.221. The van der Waals surface area contributed by atoms with E-state index >= 15 is 0 Å². The number of pyridine rings is 1. The molecule has 2 N–H and O–H groups in total. The summed E-state index contributed by atoms with van der Waals surface area (Å²) >= 11 is 0. The van der Waals surface area contributed by atoms with Gasteiger partial charge in [-0.25, -0.2) is 0 Å². The van der Waals surface area contributed by atoms with Crippen molar-refractivity contribution in [3.63, 3.8) is 0 Å². The quantitative estimate of drug-likeness (QED) is 0.286. The van der Waals surface area contributed by atoms with Crippen molar-refractivity contribution in [2.75, 3.05) is 39.3 Å². The minimum absolute atomic E-state index is 0. The molecule has 0 radical (unpaired) electrons. The first-order chi connectivity index (χ1) is 15.1. The van der Waals surface area contributed by atoms with Crippen LogP contribution in [0.4, 0.5) is 0 Å². The summed E-state index contributed by atoms with van der Waals surface area (Å²) < 4.78 is 0. The minimum Gasteiger partial charge on any atom is -0.549 e. The van der Waals surface area contributed by atoms with Crippen molar-refractivity contribution < 1.29 is 77.8 Å². The molecule has 12 nitrogen and oxygen atoms in total. The van der Waals surface area contributed by atoms with Crippen molar-refractivity contribution in [3.8, 4) is 0 Å². The second-order valence-corrected chi connectivity index (χ2v) is 7.61. The van der Waals surface area contributed by atoms with Crippen molar-refractivity contribution in [1.82, 2.24) is 19.7 Å². The van der Waals surface area contributed by atoms with Crippen LogP contribution in [0, 0.1) is 38.2 Å². The van der Waals surface area contributed by atoms with E-state index in [0.717, 1.165) is 0 Å². The number of rotatable bonds is 9. The van der Waals surface area contributed by atoms with E-state index in [0.29, 0.717) is 11.4 Å². The van der Waals surface area contributed by atoms with Crippen LogP contribution in [-0.2, 0) is 32.3 Å². The molecule has 1 aliphatic heterocycles. The maximum Gasteiger partial charge on any atom is 0.317 e.